The number of aryl methyl sites for hydroxylation is 2. The minimum absolute atomic E-state index is 0.386. The summed E-state index contributed by atoms with van der Waals surface area (Å²) in [6.45, 7) is 3.61. The lowest BCUT2D eigenvalue weighted by atomic mass is 10.1. The number of rotatable bonds is 4. The summed E-state index contributed by atoms with van der Waals surface area (Å²) in [5, 5.41) is 11.9. The van der Waals surface area contributed by atoms with E-state index in [-0.39, 0.29) is 0 Å². The van der Waals surface area contributed by atoms with Crippen molar-refractivity contribution in [2.45, 2.75) is 38.9 Å². The lowest BCUT2D eigenvalue weighted by Gasteiger charge is -2.23. The Kier molecular flexibility index (Phi) is 3.67. The topological polar surface area (TPSA) is 68.8 Å². The number of aromatic nitrogens is 4. The van der Waals surface area contributed by atoms with Crippen molar-refractivity contribution in [3.8, 4) is 11.3 Å². The molecule has 0 saturated heterocycles. The Morgan fingerprint density at radius 1 is 1.30 bits per heavy atom. The molecular weight excluding hydrogens is 290 g/mol. The van der Waals surface area contributed by atoms with Crippen molar-refractivity contribution in [1.82, 2.24) is 25.2 Å². The molecule has 0 amide bonds. The van der Waals surface area contributed by atoms with Gasteiger partial charge in [0.2, 0.25) is 0 Å². The highest BCUT2D eigenvalue weighted by Gasteiger charge is 2.19. The van der Waals surface area contributed by atoms with E-state index in [4.69, 9.17) is 4.52 Å². The van der Waals surface area contributed by atoms with Gasteiger partial charge in [-0.2, -0.15) is 5.10 Å². The number of benzene rings is 1. The largest absolute Gasteiger partial charge is 0.359 e. The Labute approximate surface area is 134 Å². The van der Waals surface area contributed by atoms with Gasteiger partial charge < -0.3 is 9.84 Å². The molecule has 0 spiro atoms. The SMILES string of the molecule is Cc1ccc(-c2cc(CN[C@H]3CCc4ncnn4C3)on2)cc1. The van der Waals surface area contributed by atoms with Crippen LogP contribution in [0.15, 0.2) is 41.2 Å². The first-order valence-electron chi connectivity index (χ1n) is 7.90. The second kappa shape index (κ2) is 5.96. The van der Waals surface area contributed by atoms with Crippen LogP contribution in [-0.4, -0.2) is 26.0 Å². The molecular formula is C17H19N5O. The van der Waals surface area contributed by atoms with Gasteiger partial charge in [0.15, 0.2) is 5.76 Å². The van der Waals surface area contributed by atoms with Crippen molar-refractivity contribution in [3.05, 3.63) is 53.8 Å². The van der Waals surface area contributed by atoms with Crippen LogP contribution in [0.5, 0.6) is 0 Å². The maximum absolute atomic E-state index is 5.45. The van der Waals surface area contributed by atoms with Gasteiger partial charge in [-0.1, -0.05) is 35.0 Å². The zero-order valence-electron chi connectivity index (χ0n) is 13.1. The normalized spacial score (nSPS) is 17.2. The van der Waals surface area contributed by atoms with Crippen LogP contribution >= 0.6 is 0 Å². The molecule has 2 aromatic heterocycles. The molecule has 6 nitrogen and oxygen atoms in total. The second-order valence-corrected chi connectivity index (χ2v) is 6.02. The third-order valence-electron chi connectivity index (χ3n) is 4.28. The van der Waals surface area contributed by atoms with E-state index in [1.807, 2.05) is 10.7 Å². The molecule has 0 saturated carbocycles. The molecule has 0 bridgehead atoms. The second-order valence-electron chi connectivity index (χ2n) is 6.02. The maximum atomic E-state index is 5.45. The molecule has 23 heavy (non-hydrogen) atoms. The van der Waals surface area contributed by atoms with Crippen molar-refractivity contribution in [3.63, 3.8) is 0 Å². The minimum atomic E-state index is 0.386. The summed E-state index contributed by atoms with van der Waals surface area (Å²) in [6, 6.07) is 10.7. The highest BCUT2D eigenvalue weighted by molar-refractivity contribution is 5.59. The average Bonchev–Trinajstić information content (AvgIpc) is 3.22. The summed E-state index contributed by atoms with van der Waals surface area (Å²) < 4.78 is 7.42. The van der Waals surface area contributed by atoms with Crippen LogP contribution in [0, 0.1) is 6.92 Å². The smallest absolute Gasteiger partial charge is 0.151 e. The number of hydrogen-bond acceptors (Lipinski definition) is 5. The molecule has 1 aromatic carbocycles. The molecule has 118 valence electrons. The van der Waals surface area contributed by atoms with Gasteiger partial charge in [-0.25, -0.2) is 9.67 Å². The van der Waals surface area contributed by atoms with Gasteiger partial charge in [0, 0.05) is 24.1 Å². The van der Waals surface area contributed by atoms with E-state index in [0.717, 1.165) is 42.2 Å². The van der Waals surface area contributed by atoms with Crippen molar-refractivity contribution < 1.29 is 4.52 Å². The van der Waals surface area contributed by atoms with Crippen LogP contribution in [-0.2, 0) is 19.5 Å². The molecule has 3 aromatic rings. The van der Waals surface area contributed by atoms with Crippen molar-refractivity contribution in [2.24, 2.45) is 0 Å². The first kappa shape index (κ1) is 14.1. The summed E-state index contributed by atoms with van der Waals surface area (Å²) in [5.41, 5.74) is 3.20. The standard InChI is InChI=1S/C17H19N5O/c1-12-2-4-13(5-3-12)16-8-15(23-21-16)9-18-14-6-7-17-19-11-20-22(17)10-14/h2-5,8,11,14,18H,6-7,9-10H2,1H3/t14-/m0/s1. The van der Waals surface area contributed by atoms with E-state index in [9.17, 15) is 0 Å². The van der Waals surface area contributed by atoms with Gasteiger partial charge in [-0.3, -0.25) is 0 Å². The summed E-state index contributed by atoms with van der Waals surface area (Å²) in [6.07, 6.45) is 3.66. The highest BCUT2D eigenvalue weighted by Crippen LogP contribution is 2.20. The molecule has 4 rings (SSSR count). The van der Waals surface area contributed by atoms with Gasteiger partial charge in [0.05, 0.1) is 13.1 Å². The molecule has 1 aliphatic rings. The van der Waals surface area contributed by atoms with E-state index in [0.29, 0.717) is 12.6 Å². The zero-order valence-corrected chi connectivity index (χ0v) is 13.1. The van der Waals surface area contributed by atoms with E-state index in [1.54, 1.807) is 6.33 Å². The third kappa shape index (κ3) is 3.03. The molecule has 1 atom stereocenters. The zero-order chi connectivity index (χ0) is 15.6. The van der Waals surface area contributed by atoms with E-state index in [1.165, 1.54) is 5.56 Å². The van der Waals surface area contributed by atoms with Crippen LogP contribution in [0.1, 0.15) is 23.6 Å². The van der Waals surface area contributed by atoms with Crippen molar-refractivity contribution in [2.75, 3.05) is 0 Å². The van der Waals surface area contributed by atoms with Crippen LogP contribution in [0.4, 0.5) is 0 Å². The Bertz CT molecular complexity index is 789. The number of nitrogens with one attached hydrogen (secondary N) is 1. The summed E-state index contributed by atoms with van der Waals surface area (Å²) >= 11 is 0. The van der Waals surface area contributed by atoms with Gasteiger partial charge in [0.1, 0.15) is 17.8 Å². The van der Waals surface area contributed by atoms with Crippen LogP contribution in [0.3, 0.4) is 0 Å². The Balaban J connectivity index is 1.38. The molecule has 1 aliphatic heterocycles. The Hall–Kier alpha value is -2.47. The number of hydrogen-bond donors (Lipinski definition) is 1. The van der Waals surface area contributed by atoms with E-state index in [2.05, 4.69) is 51.7 Å². The molecule has 6 heteroatoms. The van der Waals surface area contributed by atoms with Crippen LogP contribution in [0.25, 0.3) is 11.3 Å². The maximum Gasteiger partial charge on any atom is 0.151 e. The van der Waals surface area contributed by atoms with Crippen molar-refractivity contribution >= 4 is 0 Å². The molecule has 0 fully saturated rings. The fraction of sp³-hybridized carbons (Fsp3) is 0.353. The van der Waals surface area contributed by atoms with E-state index >= 15 is 0 Å². The van der Waals surface area contributed by atoms with Gasteiger partial charge in [-0.15, -0.1) is 0 Å². The highest BCUT2D eigenvalue weighted by atomic mass is 16.5. The average molecular weight is 309 g/mol. The first-order valence-corrected chi connectivity index (χ1v) is 7.90. The van der Waals surface area contributed by atoms with Crippen LogP contribution in [0.2, 0.25) is 0 Å². The third-order valence-corrected chi connectivity index (χ3v) is 4.28. The Morgan fingerprint density at radius 2 is 2.17 bits per heavy atom. The fourth-order valence-electron chi connectivity index (χ4n) is 2.91. The molecule has 0 radical (unpaired) electrons. The number of fused-ring (bicyclic) bond motifs is 1. The molecule has 0 aliphatic carbocycles. The minimum Gasteiger partial charge on any atom is -0.359 e. The summed E-state index contributed by atoms with van der Waals surface area (Å²) in [7, 11) is 0. The predicted octanol–water partition coefficient (Wildman–Crippen LogP) is 2.35. The summed E-state index contributed by atoms with van der Waals surface area (Å²) in [5.74, 6) is 1.93. The number of nitrogens with zero attached hydrogens (tertiary/aromatic N) is 4. The lowest BCUT2D eigenvalue weighted by Crippen LogP contribution is -2.37. The van der Waals surface area contributed by atoms with Crippen LogP contribution < -0.4 is 5.32 Å². The Morgan fingerprint density at radius 3 is 3.04 bits per heavy atom. The molecule has 3 heterocycles. The van der Waals surface area contributed by atoms with E-state index < -0.39 is 0 Å². The summed E-state index contributed by atoms with van der Waals surface area (Å²) in [4.78, 5) is 4.25. The quantitative estimate of drug-likeness (QED) is 0.801. The van der Waals surface area contributed by atoms with Gasteiger partial charge in [0.25, 0.3) is 0 Å². The monoisotopic (exact) mass is 309 g/mol. The lowest BCUT2D eigenvalue weighted by molar-refractivity contribution is 0.325. The predicted molar refractivity (Wildman–Crippen MR) is 85.6 cm³/mol. The fourth-order valence-corrected chi connectivity index (χ4v) is 2.91. The van der Waals surface area contributed by atoms with Gasteiger partial charge in [-0.05, 0) is 13.3 Å². The molecule has 1 N–H and O–H groups in total. The molecule has 0 unspecified atom stereocenters. The van der Waals surface area contributed by atoms with Crippen molar-refractivity contribution in [1.29, 1.82) is 0 Å². The van der Waals surface area contributed by atoms with Gasteiger partial charge >= 0.3 is 0 Å². The first-order chi connectivity index (χ1) is 11.3.